The van der Waals surface area contributed by atoms with Crippen LogP contribution < -0.4 is 5.32 Å². The van der Waals surface area contributed by atoms with E-state index in [4.69, 9.17) is 0 Å². The van der Waals surface area contributed by atoms with Crippen molar-refractivity contribution in [3.05, 3.63) is 29.8 Å². The van der Waals surface area contributed by atoms with Gasteiger partial charge in [0.15, 0.2) is 0 Å². The molecule has 3 heteroatoms. The lowest BCUT2D eigenvalue weighted by molar-refractivity contribution is 0.0920. The van der Waals surface area contributed by atoms with Crippen LogP contribution in [0.25, 0.3) is 0 Å². The summed E-state index contributed by atoms with van der Waals surface area (Å²) in [7, 11) is 0. The van der Waals surface area contributed by atoms with Crippen LogP contribution in [0.1, 0.15) is 49.9 Å². The smallest absolute Gasteiger partial charge is 0.252 e. The normalized spacial score (nSPS) is 28.1. The first kappa shape index (κ1) is 14.0. The number of hydrogen-bond acceptors (Lipinski definition) is 2. The summed E-state index contributed by atoms with van der Waals surface area (Å²) < 4.78 is 0. The summed E-state index contributed by atoms with van der Waals surface area (Å²) in [6.07, 6.45) is 5.19. The fourth-order valence-electron chi connectivity index (χ4n) is 3.68. The first-order valence-corrected chi connectivity index (χ1v) is 8.58. The molecule has 108 valence electrons. The highest BCUT2D eigenvalue weighted by molar-refractivity contribution is 8.00. The summed E-state index contributed by atoms with van der Waals surface area (Å²) in [5.74, 6) is 1.71. The lowest BCUT2D eigenvalue weighted by atomic mass is 9.95. The van der Waals surface area contributed by atoms with Crippen molar-refractivity contribution in [2.45, 2.75) is 55.7 Å². The molecule has 3 unspecified atom stereocenters. The second-order valence-corrected chi connectivity index (χ2v) is 8.04. The topological polar surface area (TPSA) is 29.1 Å². The largest absolute Gasteiger partial charge is 0.349 e. The number of fused-ring (bicyclic) bond motifs is 2. The minimum atomic E-state index is 0.117. The molecule has 0 spiro atoms. The van der Waals surface area contributed by atoms with E-state index in [1.54, 1.807) is 11.8 Å². The number of carbonyl (C=O) groups is 1. The molecule has 0 aromatic heterocycles. The summed E-state index contributed by atoms with van der Waals surface area (Å²) in [4.78, 5) is 13.7. The van der Waals surface area contributed by atoms with Gasteiger partial charge in [-0.15, -0.1) is 11.8 Å². The third kappa shape index (κ3) is 2.88. The Morgan fingerprint density at radius 3 is 2.70 bits per heavy atom. The van der Waals surface area contributed by atoms with Crippen LogP contribution in [0.3, 0.4) is 0 Å². The number of nitrogens with one attached hydrogen (secondary N) is 1. The average Bonchev–Trinajstić information content (AvgIpc) is 3.00. The number of hydrogen-bond donors (Lipinski definition) is 1. The zero-order chi connectivity index (χ0) is 14.1. The molecule has 2 aliphatic rings. The molecule has 1 aromatic carbocycles. The molecule has 2 saturated carbocycles. The van der Waals surface area contributed by atoms with Gasteiger partial charge in [0.05, 0.1) is 5.56 Å². The zero-order valence-electron chi connectivity index (χ0n) is 12.3. The van der Waals surface area contributed by atoms with Crippen LogP contribution in [0.2, 0.25) is 0 Å². The van der Waals surface area contributed by atoms with Crippen LogP contribution in [-0.4, -0.2) is 17.2 Å². The lowest BCUT2D eigenvalue weighted by Gasteiger charge is -2.23. The van der Waals surface area contributed by atoms with Crippen LogP contribution in [0.4, 0.5) is 0 Å². The molecular formula is C17H23NOS. The minimum Gasteiger partial charge on any atom is -0.349 e. The van der Waals surface area contributed by atoms with Crippen LogP contribution in [0.15, 0.2) is 29.2 Å². The van der Waals surface area contributed by atoms with Gasteiger partial charge in [0, 0.05) is 16.2 Å². The van der Waals surface area contributed by atoms with Crippen molar-refractivity contribution >= 4 is 17.7 Å². The van der Waals surface area contributed by atoms with Gasteiger partial charge >= 0.3 is 0 Å². The van der Waals surface area contributed by atoms with Gasteiger partial charge in [0.2, 0.25) is 0 Å². The Morgan fingerprint density at radius 2 is 2.05 bits per heavy atom. The van der Waals surface area contributed by atoms with E-state index in [2.05, 4.69) is 25.2 Å². The molecule has 1 amide bonds. The van der Waals surface area contributed by atoms with Gasteiger partial charge < -0.3 is 5.32 Å². The van der Waals surface area contributed by atoms with Crippen molar-refractivity contribution in [1.29, 1.82) is 0 Å². The quantitative estimate of drug-likeness (QED) is 0.845. The summed E-state index contributed by atoms with van der Waals surface area (Å²) >= 11 is 1.77. The van der Waals surface area contributed by atoms with Crippen LogP contribution in [-0.2, 0) is 0 Å². The van der Waals surface area contributed by atoms with Crippen molar-refractivity contribution in [3.8, 4) is 0 Å². The molecular weight excluding hydrogens is 266 g/mol. The molecule has 2 bridgehead atoms. The van der Waals surface area contributed by atoms with Crippen molar-refractivity contribution in [2.75, 3.05) is 0 Å². The average molecular weight is 289 g/mol. The van der Waals surface area contributed by atoms with Gasteiger partial charge in [-0.05, 0) is 43.2 Å². The molecule has 20 heavy (non-hydrogen) atoms. The first-order valence-electron chi connectivity index (χ1n) is 7.70. The molecule has 2 nitrogen and oxygen atoms in total. The predicted octanol–water partition coefficient (Wildman–Crippen LogP) is 4.11. The van der Waals surface area contributed by atoms with Crippen LogP contribution in [0.5, 0.6) is 0 Å². The Labute approximate surface area is 125 Å². The molecule has 3 atom stereocenters. The second kappa shape index (κ2) is 5.80. The second-order valence-electron chi connectivity index (χ2n) is 6.42. The lowest BCUT2D eigenvalue weighted by Crippen LogP contribution is -2.38. The third-order valence-corrected chi connectivity index (χ3v) is 5.63. The summed E-state index contributed by atoms with van der Waals surface area (Å²) in [6.45, 7) is 4.32. The van der Waals surface area contributed by atoms with Gasteiger partial charge in [0.25, 0.3) is 5.91 Å². The fraction of sp³-hybridized carbons (Fsp3) is 0.588. The molecule has 1 N–H and O–H groups in total. The highest BCUT2D eigenvalue weighted by Gasteiger charge is 2.40. The molecule has 0 saturated heterocycles. The minimum absolute atomic E-state index is 0.117. The number of thioether (sulfide) groups is 1. The van der Waals surface area contributed by atoms with Crippen molar-refractivity contribution in [1.82, 2.24) is 5.32 Å². The van der Waals surface area contributed by atoms with Gasteiger partial charge in [-0.1, -0.05) is 32.4 Å². The van der Waals surface area contributed by atoms with Crippen molar-refractivity contribution < 1.29 is 4.79 Å². The standard InChI is InChI=1S/C17H23NOS/c1-11(2)20-16-6-4-3-5-14(16)17(19)18-15-10-12-7-8-13(15)9-12/h3-6,11-13,15H,7-10H2,1-2H3,(H,18,19). The Hall–Kier alpha value is -0.960. The summed E-state index contributed by atoms with van der Waals surface area (Å²) in [5.41, 5.74) is 0.842. The van der Waals surface area contributed by atoms with Gasteiger partial charge in [-0.3, -0.25) is 4.79 Å². The molecule has 1 aromatic rings. The Kier molecular flexibility index (Phi) is 4.06. The first-order chi connectivity index (χ1) is 9.63. The monoisotopic (exact) mass is 289 g/mol. The van der Waals surface area contributed by atoms with E-state index in [-0.39, 0.29) is 5.91 Å². The maximum atomic E-state index is 12.6. The molecule has 0 radical (unpaired) electrons. The highest BCUT2D eigenvalue weighted by atomic mass is 32.2. The maximum Gasteiger partial charge on any atom is 0.252 e. The number of rotatable bonds is 4. The highest BCUT2D eigenvalue weighted by Crippen LogP contribution is 2.44. The molecule has 3 rings (SSSR count). The van der Waals surface area contributed by atoms with Gasteiger partial charge in [0.1, 0.15) is 0 Å². The number of amides is 1. The predicted molar refractivity (Wildman–Crippen MR) is 84.1 cm³/mol. The molecule has 2 fully saturated rings. The van der Waals surface area contributed by atoms with Gasteiger partial charge in [-0.25, -0.2) is 0 Å². The SMILES string of the molecule is CC(C)Sc1ccccc1C(=O)NC1CC2CCC1C2. The number of carbonyl (C=O) groups excluding carboxylic acids is 1. The maximum absolute atomic E-state index is 12.6. The molecule has 0 heterocycles. The van der Waals surface area contributed by atoms with Gasteiger partial charge in [-0.2, -0.15) is 0 Å². The van der Waals surface area contributed by atoms with E-state index < -0.39 is 0 Å². The Balaban J connectivity index is 1.70. The van der Waals surface area contributed by atoms with Crippen molar-refractivity contribution in [3.63, 3.8) is 0 Å². The fourth-order valence-corrected chi connectivity index (χ4v) is 4.63. The Bertz CT molecular complexity index is 500. The zero-order valence-corrected chi connectivity index (χ0v) is 13.1. The summed E-state index contributed by atoms with van der Waals surface area (Å²) in [5, 5.41) is 3.78. The molecule has 2 aliphatic carbocycles. The van der Waals surface area contributed by atoms with Crippen LogP contribution in [0, 0.1) is 11.8 Å². The van der Waals surface area contributed by atoms with Crippen LogP contribution >= 0.6 is 11.8 Å². The van der Waals surface area contributed by atoms with E-state index in [1.807, 2.05) is 18.2 Å². The van der Waals surface area contributed by atoms with Crippen molar-refractivity contribution in [2.24, 2.45) is 11.8 Å². The third-order valence-electron chi connectivity index (χ3n) is 4.55. The molecule has 0 aliphatic heterocycles. The van der Waals surface area contributed by atoms with E-state index in [1.165, 1.54) is 25.7 Å². The Morgan fingerprint density at radius 1 is 1.25 bits per heavy atom. The van der Waals surface area contributed by atoms with E-state index in [9.17, 15) is 4.79 Å². The number of benzene rings is 1. The van der Waals surface area contributed by atoms with E-state index in [0.717, 1.165) is 22.3 Å². The van der Waals surface area contributed by atoms with E-state index >= 15 is 0 Å². The summed E-state index contributed by atoms with van der Waals surface area (Å²) in [6, 6.07) is 8.39. The van der Waals surface area contributed by atoms with E-state index in [0.29, 0.717) is 11.3 Å².